The van der Waals surface area contributed by atoms with Crippen LogP contribution in [0.3, 0.4) is 0 Å². The first-order valence-corrected chi connectivity index (χ1v) is 9.06. The van der Waals surface area contributed by atoms with Gasteiger partial charge in [-0.2, -0.15) is 0 Å². The molecule has 2 aliphatic rings. The van der Waals surface area contributed by atoms with E-state index in [0.717, 1.165) is 0 Å². The van der Waals surface area contributed by atoms with E-state index in [2.05, 4.69) is 10.6 Å². The molecule has 0 saturated carbocycles. The number of hydrogen-bond acceptors (Lipinski definition) is 6. The predicted octanol–water partition coefficient (Wildman–Crippen LogP) is 1.85. The van der Waals surface area contributed by atoms with Crippen molar-refractivity contribution in [2.24, 2.45) is 0 Å². The van der Waals surface area contributed by atoms with Gasteiger partial charge in [-0.1, -0.05) is 24.3 Å². The van der Waals surface area contributed by atoms with Crippen molar-refractivity contribution in [3.8, 4) is 0 Å². The summed E-state index contributed by atoms with van der Waals surface area (Å²) < 4.78 is 0. The van der Waals surface area contributed by atoms with E-state index >= 15 is 0 Å². The Labute approximate surface area is 199 Å². The fraction of sp³-hybridized carbons (Fsp3) is 0.364. The van der Waals surface area contributed by atoms with E-state index in [4.69, 9.17) is 10.2 Å². The Morgan fingerprint density at radius 2 is 1.00 bits per heavy atom. The van der Waals surface area contributed by atoms with Gasteiger partial charge in [0.05, 0.1) is 24.3 Å². The average molecular weight is 514 g/mol. The van der Waals surface area contributed by atoms with Gasteiger partial charge in [-0.3, -0.25) is 9.59 Å². The van der Waals surface area contributed by atoms with Crippen LogP contribution < -0.4 is 10.6 Å². The molecule has 0 atom stereocenters. The first kappa shape index (κ1) is 30.5. The Balaban J connectivity index is 0. The second-order valence-electron chi connectivity index (χ2n) is 7.74. The fourth-order valence-corrected chi connectivity index (χ4v) is 1.84. The number of carbonyl (C=O) groups excluding carboxylic acids is 2. The molecule has 4 N–H and O–H groups in total. The van der Waals surface area contributed by atoms with Crippen LogP contribution in [0.25, 0.3) is 0 Å². The average Bonchev–Trinajstić information content (AvgIpc) is 2.67. The van der Waals surface area contributed by atoms with Crippen LogP contribution in [0, 0.1) is 0 Å². The van der Waals surface area contributed by atoms with Crippen molar-refractivity contribution in [2.45, 2.75) is 38.8 Å². The molecule has 0 amide bonds. The molecule has 0 fully saturated rings. The summed E-state index contributed by atoms with van der Waals surface area (Å²) in [6.07, 6.45) is 16.8. The van der Waals surface area contributed by atoms with Gasteiger partial charge >= 0.3 is 0 Å². The maximum atomic E-state index is 11.3. The van der Waals surface area contributed by atoms with Crippen molar-refractivity contribution < 1.29 is 53.9 Å². The first-order valence-electron chi connectivity index (χ1n) is 9.06. The smallest absolute Gasteiger partial charge is 0.187 e. The van der Waals surface area contributed by atoms with Crippen molar-refractivity contribution in [1.82, 2.24) is 10.6 Å². The number of aliphatic hydroxyl groups is 2. The summed E-state index contributed by atoms with van der Waals surface area (Å²) in [6.45, 7) is 7.47. The zero-order chi connectivity index (χ0) is 21.2. The summed E-state index contributed by atoms with van der Waals surface area (Å²) >= 11 is 0. The van der Waals surface area contributed by atoms with E-state index in [-0.39, 0.29) is 58.9 Å². The van der Waals surface area contributed by atoms with Gasteiger partial charge in [0.2, 0.25) is 0 Å². The second-order valence-corrected chi connectivity index (χ2v) is 7.74. The summed E-state index contributed by atoms with van der Waals surface area (Å²) in [4.78, 5) is 22.6. The Morgan fingerprint density at radius 1 is 0.700 bits per heavy atom. The Morgan fingerprint density at radius 3 is 1.27 bits per heavy atom. The monoisotopic (exact) mass is 512 g/mol. The molecular formula is C22H30Cu2N2O4. The van der Waals surface area contributed by atoms with E-state index in [1.165, 1.54) is 12.2 Å². The van der Waals surface area contributed by atoms with Gasteiger partial charge in [0.1, 0.15) is 0 Å². The molecule has 0 saturated heterocycles. The predicted molar refractivity (Wildman–Crippen MR) is 111 cm³/mol. The van der Waals surface area contributed by atoms with E-state index < -0.39 is 11.1 Å². The number of ketones is 2. The molecule has 0 aliphatic heterocycles. The first-order chi connectivity index (χ1) is 13.1. The van der Waals surface area contributed by atoms with E-state index in [1.807, 2.05) is 27.7 Å². The summed E-state index contributed by atoms with van der Waals surface area (Å²) in [7, 11) is 0. The summed E-state index contributed by atoms with van der Waals surface area (Å²) in [5, 5.41) is 23.9. The van der Waals surface area contributed by atoms with Gasteiger partial charge in [0.25, 0.3) is 0 Å². The number of nitrogens with one attached hydrogen (secondary N) is 2. The Hall–Kier alpha value is -1.66. The summed E-state index contributed by atoms with van der Waals surface area (Å²) in [5.74, 6) is -0.0394. The van der Waals surface area contributed by atoms with Gasteiger partial charge in [-0.25, -0.2) is 0 Å². The number of aliphatic hydroxyl groups excluding tert-OH is 2. The molecule has 0 unspecified atom stereocenters. The van der Waals surface area contributed by atoms with Gasteiger partial charge in [-0.15, -0.1) is 0 Å². The standard InChI is InChI=1S/2C11H15NO2.2Cu/c2*1-11(2,8-13)12-7-9-5-3-4-6-10(9)14;;/h2*3-7,12-13H,8H2,1-2H3;;/b2*9-7-;;. The molecule has 0 bridgehead atoms. The largest absolute Gasteiger partial charge is 0.394 e. The van der Waals surface area contributed by atoms with Crippen molar-refractivity contribution in [3.05, 3.63) is 72.2 Å². The van der Waals surface area contributed by atoms with Crippen LogP contribution in [-0.2, 0) is 43.7 Å². The minimum Gasteiger partial charge on any atom is -0.394 e. The third-order valence-corrected chi connectivity index (χ3v) is 3.87. The number of rotatable bonds is 6. The van der Waals surface area contributed by atoms with Crippen LogP contribution >= 0.6 is 0 Å². The second kappa shape index (κ2) is 14.4. The van der Waals surface area contributed by atoms with E-state index in [9.17, 15) is 9.59 Å². The van der Waals surface area contributed by atoms with Gasteiger partial charge in [0.15, 0.2) is 11.6 Å². The van der Waals surface area contributed by atoms with Gasteiger partial charge < -0.3 is 20.8 Å². The number of allylic oxidation sites excluding steroid dienone is 10. The fourth-order valence-electron chi connectivity index (χ4n) is 1.84. The van der Waals surface area contributed by atoms with E-state index in [1.54, 1.807) is 48.9 Å². The zero-order valence-electron chi connectivity index (χ0n) is 17.5. The van der Waals surface area contributed by atoms with Crippen molar-refractivity contribution in [3.63, 3.8) is 0 Å². The normalized spacial score (nSPS) is 17.8. The Bertz CT molecular complexity index is 697. The van der Waals surface area contributed by atoms with Gasteiger partial charge in [-0.05, 0) is 52.0 Å². The molecule has 0 aromatic rings. The maximum absolute atomic E-state index is 11.3. The van der Waals surface area contributed by atoms with Crippen LogP contribution in [0.4, 0.5) is 0 Å². The van der Waals surface area contributed by atoms with Crippen LogP contribution in [0.2, 0.25) is 0 Å². The third-order valence-electron chi connectivity index (χ3n) is 3.87. The molecule has 2 radical (unpaired) electrons. The van der Waals surface area contributed by atoms with Crippen LogP contribution in [-0.4, -0.2) is 46.1 Å². The van der Waals surface area contributed by atoms with Crippen molar-refractivity contribution >= 4 is 11.6 Å². The maximum Gasteiger partial charge on any atom is 0.187 e. The van der Waals surface area contributed by atoms with E-state index in [0.29, 0.717) is 11.1 Å². The quantitative estimate of drug-likeness (QED) is 0.320. The molecule has 8 heteroatoms. The third kappa shape index (κ3) is 11.5. The van der Waals surface area contributed by atoms with Crippen LogP contribution in [0.1, 0.15) is 27.7 Å². The minimum atomic E-state index is -0.401. The number of hydrogen-bond donors (Lipinski definition) is 4. The summed E-state index contributed by atoms with van der Waals surface area (Å²) in [6, 6.07) is 0. The molecule has 0 heterocycles. The molecule has 2 aliphatic carbocycles. The molecule has 174 valence electrons. The van der Waals surface area contributed by atoms with Crippen molar-refractivity contribution in [1.29, 1.82) is 0 Å². The van der Waals surface area contributed by atoms with Crippen molar-refractivity contribution in [2.75, 3.05) is 13.2 Å². The molecule has 0 aromatic carbocycles. The number of carbonyl (C=O) groups is 2. The van der Waals surface area contributed by atoms with Gasteiger partial charge in [0, 0.05) is 57.7 Å². The van der Waals surface area contributed by atoms with Crippen LogP contribution in [0.5, 0.6) is 0 Å². The minimum absolute atomic E-state index is 0. The molecule has 6 nitrogen and oxygen atoms in total. The molecule has 0 aromatic heterocycles. The molecule has 2 rings (SSSR count). The molecule has 30 heavy (non-hydrogen) atoms. The molecular weight excluding hydrogens is 483 g/mol. The topological polar surface area (TPSA) is 98.7 Å². The SMILES string of the molecule is CC(C)(CO)N/C=C1/C=CC=CC1=O.CC(C)(CO)N/C=C1/C=CC=CC1=O.[Cu].[Cu]. The Kier molecular flexibility index (Phi) is 14.6. The molecule has 0 spiro atoms. The summed E-state index contributed by atoms with van der Waals surface area (Å²) in [5.41, 5.74) is 0.410. The zero-order valence-corrected chi connectivity index (χ0v) is 19.4. The van der Waals surface area contributed by atoms with Crippen LogP contribution in [0.15, 0.2) is 72.2 Å².